The first-order chi connectivity index (χ1) is 5.25. The molecule has 60 valence electrons. The lowest BCUT2D eigenvalue weighted by atomic mass is 9.75. The van der Waals surface area contributed by atoms with Crippen LogP contribution in [0.5, 0.6) is 0 Å². The van der Waals surface area contributed by atoms with Gasteiger partial charge in [-0.15, -0.1) is 11.3 Å². The third-order valence-electron chi connectivity index (χ3n) is 2.54. The van der Waals surface area contributed by atoms with E-state index < -0.39 is 0 Å². The average molecular weight is 166 g/mol. The Morgan fingerprint density at radius 1 is 1.36 bits per heavy atom. The Labute approximate surface area is 72.3 Å². The summed E-state index contributed by atoms with van der Waals surface area (Å²) in [5.74, 6) is 1.88. The van der Waals surface area contributed by atoms with Crippen molar-refractivity contribution in [1.29, 1.82) is 0 Å². The molecular weight excluding hydrogens is 152 g/mol. The monoisotopic (exact) mass is 166 g/mol. The molecule has 0 aromatic carbocycles. The van der Waals surface area contributed by atoms with Gasteiger partial charge in [0, 0.05) is 9.75 Å². The number of rotatable bonds is 1. The number of thiophene rings is 1. The first-order valence-corrected chi connectivity index (χ1v) is 5.13. The first kappa shape index (κ1) is 7.35. The zero-order valence-electron chi connectivity index (χ0n) is 7.13. The van der Waals surface area contributed by atoms with E-state index in [0.717, 1.165) is 11.8 Å². The van der Waals surface area contributed by atoms with E-state index in [0.29, 0.717) is 0 Å². The lowest BCUT2D eigenvalue weighted by Crippen LogP contribution is -2.17. The Kier molecular flexibility index (Phi) is 1.76. The number of hydrogen-bond donors (Lipinski definition) is 0. The summed E-state index contributed by atoms with van der Waals surface area (Å²) in [5.41, 5.74) is 0. The Morgan fingerprint density at radius 3 is 2.55 bits per heavy atom. The van der Waals surface area contributed by atoms with Gasteiger partial charge in [0.15, 0.2) is 0 Å². The molecule has 1 aromatic rings. The molecule has 0 spiro atoms. The van der Waals surface area contributed by atoms with E-state index in [1.165, 1.54) is 17.7 Å². The standard InChI is InChI=1S/C10H14S/c1-7-5-9(6-7)10-4-3-8(2)11-10/h3-4,7,9H,5-6H2,1-2H3. The summed E-state index contributed by atoms with van der Waals surface area (Å²) in [6, 6.07) is 4.54. The van der Waals surface area contributed by atoms with Crippen molar-refractivity contribution >= 4 is 11.3 Å². The molecule has 0 nitrogen and oxygen atoms in total. The molecule has 0 bridgehead atoms. The second-order valence-corrected chi connectivity index (χ2v) is 5.04. The van der Waals surface area contributed by atoms with E-state index in [1.54, 1.807) is 4.88 Å². The maximum atomic E-state index is 2.34. The summed E-state index contributed by atoms with van der Waals surface area (Å²) in [4.78, 5) is 3.07. The van der Waals surface area contributed by atoms with Crippen molar-refractivity contribution < 1.29 is 0 Å². The maximum Gasteiger partial charge on any atom is 0.00792 e. The van der Waals surface area contributed by atoms with Gasteiger partial charge in [0.05, 0.1) is 0 Å². The Bertz CT molecular complexity index is 243. The highest BCUT2D eigenvalue weighted by Crippen LogP contribution is 2.43. The number of hydrogen-bond acceptors (Lipinski definition) is 1. The third kappa shape index (κ3) is 1.34. The minimum Gasteiger partial charge on any atom is -0.145 e. The van der Waals surface area contributed by atoms with Gasteiger partial charge in [-0.25, -0.2) is 0 Å². The topological polar surface area (TPSA) is 0 Å². The molecule has 1 aliphatic rings. The molecular formula is C10H14S. The fourth-order valence-corrected chi connectivity index (χ4v) is 2.81. The minimum absolute atomic E-state index is 0.906. The fourth-order valence-electron chi connectivity index (χ4n) is 1.81. The van der Waals surface area contributed by atoms with Gasteiger partial charge in [0.2, 0.25) is 0 Å². The molecule has 0 atom stereocenters. The molecule has 0 aliphatic heterocycles. The van der Waals surface area contributed by atoms with Crippen LogP contribution in [0, 0.1) is 12.8 Å². The van der Waals surface area contributed by atoms with E-state index in [4.69, 9.17) is 0 Å². The van der Waals surface area contributed by atoms with Gasteiger partial charge in [-0.1, -0.05) is 6.92 Å². The Morgan fingerprint density at radius 2 is 2.09 bits per heavy atom. The largest absolute Gasteiger partial charge is 0.145 e. The van der Waals surface area contributed by atoms with Crippen molar-refractivity contribution in [2.45, 2.75) is 32.6 Å². The first-order valence-electron chi connectivity index (χ1n) is 4.32. The van der Waals surface area contributed by atoms with Crippen LogP contribution in [0.15, 0.2) is 12.1 Å². The fraction of sp³-hybridized carbons (Fsp3) is 0.600. The summed E-state index contributed by atoms with van der Waals surface area (Å²) in [6.07, 6.45) is 2.83. The van der Waals surface area contributed by atoms with E-state index in [1.807, 2.05) is 11.3 Å². The molecule has 1 fully saturated rings. The summed E-state index contributed by atoms with van der Waals surface area (Å²) in [7, 11) is 0. The zero-order valence-corrected chi connectivity index (χ0v) is 7.95. The van der Waals surface area contributed by atoms with Crippen LogP contribution in [0.2, 0.25) is 0 Å². The smallest absolute Gasteiger partial charge is 0.00792 e. The summed E-state index contributed by atoms with van der Waals surface area (Å²) < 4.78 is 0. The van der Waals surface area contributed by atoms with Crippen LogP contribution in [0.1, 0.15) is 35.4 Å². The van der Waals surface area contributed by atoms with Crippen LogP contribution in [0.4, 0.5) is 0 Å². The van der Waals surface area contributed by atoms with Gasteiger partial charge in [-0.05, 0) is 43.7 Å². The van der Waals surface area contributed by atoms with Gasteiger partial charge in [-0.2, -0.15) is 0 Å². The molecule has 1 saturated carbocycles. The lowest BCUT2D eigenvalue weighted by molar-refractivity contribution is 0.292. The predicted octanol–water partition coefficient (Wildman–Crippen LogP) is 3.57. The highest BCUT2D eigenvalue weighted by molar-refractivity contribution is 7.12. The molecule has 1 heteroatoms. The van der Waals surface area contributed by atoms with Gasteiger partial charge in [0.25, 0.3) is 0 Å². The van der Waals surface area contributed by atoms with E-state index in [9.17, 15) is 0 Å². The molecule has 0 radical (unpaired) electrons. The molecule has 0 N–H and O–H groups in total. The predicted molar refractivity (Wildman–Crippen MR) is 50.2 cm³/mol. The lowest BCUT2D eigenvalue weighted by Gasteiger charge is -2.31. The van der Waals surface area contributed by atoms with Crippen LogP contribution >= 0.6 is 11.3 Å². The van der Waals surface area contributed by atoms with Gasteiger partial charge >= 0.3 is 0 Å². The van der Waals surface area contributed by atoms with Crippen molar-refractivity contribution in [1.82, 2.24) is 0 Å². The summed E-state index contributed by atoms with van der Waals surface area (Å²) >= 11 is 1.97. The average Bonchev–Trinajstić information content (AvgIpc) is 2.29. The molecule has 1 aromatic heterocycles. The number of aryl methyl sites for hydroxylation is 1. The van der Waals surface area contributed by atoms with E-state index >= 15 is 0 Å². The Hall–Kier alpha value is -0.300. The van der Waals surface area contributed by atoms with Crippen LogP contribution < -0.4 is 0 Å². The van der Waals surface area contributed by atoms with E-state index in [-0.39, 0.29) is 0 Å². The SMILES string of the molecule is Cc1ccc(C2CC(C)C2)s1. The summed E-state index contributed by atoms with van der Waals surface area (Å²) in [6.45, 7) is 4.53. The van der Waals surface area contributed by atoms with E-state index in [2.05, 4.69) is 26.0 Å². The van der Waals surface area contributed by atoms with Crippen molar-refractivity contribution in [3.8, 4) is 0 Å². The maximum absolute atomic E-state index is 2.34. The van der Waals surface area contributed by atoms with Crippen molar-refractivity contribution in [3.05, 3.63) is 21.9 Å². The molecule has 0 amide bonds. The van der Waals surface area contributed by atoms with Gasteiger partial charge < -0.3 is 0 Å². The zero-order chi connectivity index (χ0) is 7.84. The van der Waals surface area contributed by atoms with Crippen molar-refractivity contribution in [3.63, 3.8) is 0 Å². The molecule has 0 saturated heterocycles. The third-order valence-corrected chi connectivity index (χ3v) is 3.70. The Balaban J connectivity index is 2.07. The summed E-state index contributed by atoms with van der Waals surface area (Å²) in [5, 5.41) is 0. The van der Waals surface area contributed by atoms with Crippen LogP contribution in [0.3, 0.4) is 0 Å². The molecule has 0 unspecified atom stereocenters. The van der Waals surface area contributed by atoms with Crippen molar-refractivity contribution in [2.75, 3.05) is 0 Å². The molecule has 11 heavy (non-hydrogen) atoms. The highest BCUT2D eigenvalue weighted by Gasteiger charge is 2.27. The minimum atomic E-state index is 0.906. The van der Waals surface area contributed by atoms with Crippen LogP contribution in [-0.4, -0.2) is 0 Å². The van der Waals surface area contributed by atoms with Gasteiger partial charge in [-0.3, -0.25) is 0 Å². The van der Waals surface area contributed by atoms with Crippen LogP contribution in [0.25, 0.3) is 0 Å². The second kappa shape index (κ2) is 2.63. The molecule has 1 aliphatic carbocycles. The van der Waals surface area contributed by atoms with Crippen molar-refractivity contribution in [2.24, 2.45) is 5.92 Å². The molecule has 2 rings (SSSR count). The highest BCUT2D eigenvalue weighted by atomic mass is 32.1. The van der Waals surface area contributed by atoms with Crippen LogP contribution in [-0.2, 0) is 0 Å². The van der Waals surface area contributed by atoms with Gasteiger partial charge in [0.1, 0.15) is 0 Å². The normalized spacial score (nSPS) is 30.0. The second-order valence-electron chi connectivity index (χ2n) is 3.72. The quantitative estimate of drug-likeness (QED) is 0.598. The molecule has 1 heterocycles.